The number of anilines is 3. The average Bonchev–Trinajstić information content (AvgIpc) is 3.08. The van der Waals surface area contributed by atoms with Gasteiger partial charge in [0, 0.05) is 24.7 Å². The first kappa shape index (κ1) is 20.7. The van der Waals surface area contributed by atoms with Crippen molar-refractivity contribution < 1.29 is 31.5 Å². The fraction of sp³-hybridized carbons (Fsp3) is 0.263. The zero-order valence-electron chi connectivity index (χ0n) is 15.7. The summed E-state index contributed by atoms with van der Waals surface area (Å²) in [5, 5.41) is 0. The second-order valence-electron chi connectivity index (χ2n) is 6.50. The molecule has 0 unspecified atom stereocenters. The van der Waals surface area contributed by atoms with E-state index in [-0.39, 0.29) is 22.8 Å². The summed E-state index contributed by atoms with van der Waals surface area (Å²) < 4.78 is 57.6. The molecular formula is C19H18F2N2O5S. The maximum atomic E-state index is 13.8. The number of ether oxygens (including phenoxy) is 1. The lowest BCUT2D eigenvalue weighted by Gasteiger charge is -2.25. The summed E-state index contributed by atoms with van der Waals surface area (Å²) >= 11 is 0. The van der Waals surface area contributed by atoms with E-state index in [4.69, 9.17) is 4.74 Å². The molecule has 0 bridgehead atoms. The number of hydrogen-bond donors (Lipinski definition) is 0. The summed E-state index contributed by atoms with van der Waals surface area (Å²) in [7, 11) is -2.85. The van der Waals surface area contributed by atoms with Crippen LogP contribution in [0.15, 0.2) is 36.4 Å². The van der Waals surface area contributed by atoms with Gasteiger partial charge in [-0.2, -0.15) is 0 Å². The van der Waals surface area contributed by atoms with Crippen LogP contribution in [0.25, 0.3) is 0 Å². The Hall–Kier alpha value is -3.01. The van der Waals surface area contributed by atoms with E-state index in [1.165, 1.54) is 30.2 Å². The maximum absolute atomic E-state index is 13.8. The number of carbonyl (C=O) groups is 2. The van der Waals surface area contributed by atoms with Crippen molar-refractivity contribution in [1.29, 1.82) is 0 Å². The summed E-state index contributed by atoms with van der Waals surface area (Å²) in [5.74, 6) is -3.26. The van der Waals surface area contributed by atoms with Crippen LogP contribution in [0.1, 0.15) is 23.2 Å². The number of carbonyl (C=O) groups excluding carboxylic acids is 2. The predicted octanol–water partition coefficient (Wildman–Crippen LogP) is 2.98. The summed E-state index contributed by atoms with van der Waals surface area (Å²) in [6.07, 6.45) is 1.84. The van der Waals surface area contributed by atoms with Crippen molar-refractivity contribution in [1.82, 2.24) is 0 Å². The largest absolute Gasteiger partial charge is 0.465 e. The summed E-state index contributed by atoms with van der Waals surface area (Å²) in [4.78, 5) is 25.7. The number of benzene rings is 2. The quantitative estimate of drug-likeness (QED) is 0.689. The van der Waals surface area contributed by atoms with E-state index >= 15 is 0 Å². The standard InChI is InChI=1S/C19H18F2N2O5S/c1-28-19(25)12-8-14(22-7-3-4-18(22)24)10-15(9-12)23(29(2,26)27)13-5-6-16(20)17(21)11-13/h5-6,8-11H,3-4,7H2,1-2H3. The molecule has 0 radical (unpaired) electrons. The van der Waals surface area contributed by atoms with E-state index in [9.17, 15) is 26.8 Å². The number of sulfonamides is 1. The van der Waals surface area contributed by atoms with Crippen molar-refractivity contribution in [3.05, 3.63) is 53.6 Å². The highest BCUT2D eigenvalue weighted by atomic mass is 32.2. The number of nitrogens with zero attached hydrogens (tertiary/aromatic N) is 2. The summed E-state index contributed by atoms with van der Waals surface area (Å²) in [5.41, 5.74) is 0.140. The second-order valence-corrected chi connectivity index (χ2v) is 8.34. The van der Waals surface area contributed by atoms with Crippen molar-refractivity contribution >= 4 is 39.0 Å². The van der Waals surface area contributed by atoms with E-state index in [2.05, 4.69) is 0 Å². The van der Waals surface area contributed by atoms with Gasteiger partial charge in [0.15, 0.2) is 11.6 Å². The van der Waals surface area contributed by atoms with Crippen LogP contribution in [0.2, 0.25) is 0 Å². The van der Waals surface area contributed by atoms with Crippen molar-refractivity contribution in [2.45, 2.75) is 12.8 Å². The zero-order chi connectivity index (χ0) is 21.3. The molecule has 0 aromatic heterocycles. The summed E-state index contributed by atoms with van der Waals surface area (Å²) in [6, 6.07) is 6.71. The van der Waals surface area contributed by atoms with Crippen molar-refractivity contribution in [2.75, 3.05) is 29.1 Å². The normalized spacial score (nSPS) is 14.2. The predicted molar refractivity (Wildman–Crippen MR) is 103 cm³/mol. The monoisotopic (exact) mass is 424 g/mol. The Balaban J connectivity index is 2.22. The van der Waals surface area contributed by atoms with Crippen LogP contribution in [-0.4, -0.2) is 40.2 Å². The van der Waals surface area contributed by atoms with Crippen LogP contribution in [-0.2, 0) is 19.6 Å². The lowest BCUT2D eigenvalue weighted by Crippen LogP contribution is -2.27. The molecule has 1 fully saturated rings. The average molecular weight is 424 g/mol. The minimum absolute atomic E-state index is 0.0101. The molecule has 0 aliphatic carbocycles. The van der Waals surface area contributed by atoms with Gasteiger partial charge >= 0.3 is 5.97 Å². The molecule has 154 valence electrons. The third kappa shape index (κ3) is 4.21. The van der Waals surface area contributed by atoms with E-state index in [1.54, 1.807) is 0 Å². The lowest BCUT2D eigenvalue weighted by molar-refractivity contribution is -0.117. The van der Waals surface area contributed by atoms with Gasteiger partial charge in [-0.15, -0.1) is 0 Å². The molecule has 0 spiro atoms. The molecule has 1 saturated heterocycles. The lowest BCUT2D eigenvalue weighted by atomic mass is 10.1. The fourth-order valence-corrected chi connectivity index (χ4v) is 4.15. The molecule has 2 aromatic rings. The van der Waals surface area contributed by atoms with Gasteiger partial charge in [-0.1, -0.05) is 0 Å². The van der Waals surface area contributed by atoms with Gasteiger partial charge in [0.05, 0.1) is 30.3 Å². The van der Waals surface area contributed by atoms with Gasteiger partial charge < -0.3 is 9.64 Å². The molecule has 0 N–H and O–H groups in total. The first-order chi connectivity index (χ1) is 13.6. The first-order valence-corrected chi connectivity index (χ1v) is 10.5. The molecule has 0 atom stereocenters. The molecule has 29 heavy (non-hydrogen) atoms. The highest BCUT2D eigenvalue weighted by Crippen LogP contribution is 2.34. The van der Waals surface area contributed by atoms with Crippen LogP contribution in [0.4, 0.5) is 25.8 Å². The first-order valence-electron chi connectivity index (χ1n) is 8.61. The highest BCUT2D eigenvalue weighted by Gasteiger charge is 2.27. The number of esters is 1. The Morgan fingerprint density at radius 2 is 1.83 bits per heavy atom. The molecule has 0 saturated carbocycles. The second kappa shape index (κ2) is 7.78. The number of halogens is 2. The van der Waals surface area contributed by atoms with Crippen LogP contribution in [0.5, 0.6) is 0 Å². The molecule has 10 heteroatoms. The van der Waals surface area contributed by atoms with Crippen molar-refractivity contribution in [2.24, 2.45) is 0 Å². The number of rotatable bonds is 5. The van der Waals surface area contributed by atoms with Crippen molar-refractivity contribution in [3.8, 4) is 0 Å². The molecule has 3 rings (SSSR count). The van der Waals surface area contributed by atoms with Crippen molar-refractivity contribution in [3.63, 3.8) is 0 Å². The Labute approximate surface area is 166 Å². The number of methoxy groups -OCH3 is 1. The molecule has 2 aromatic carbocycles. The smallest absolute Gasteiger partial charge is 0.337 e. The Morgan fingerprint density at radius 1 is 1.10 bits per heavy atom. The van der Waals surface area contributed by atoms with Gasteiger partial charge in [-0.25, -0.2) is 26.3 Å². The Bertz CT molecular complexity index is 1090. The van der Waals surface area contributed by atoms with Crippen LogP contribution >= 0.6 is 0 Å². The minimum atomic E-state index is -4.01. The van der Waals surface area contributed by atoms with Gasteiger partial charge in [-0.05, 0) is 36.8 Å². The molecule has 1 amide bonds. The van der Waals surface area contributed by atoms with Gasteiger partial charge in [-0.3, -0.25) is 4.79 Å². The third-order valence-corrected chi connectivity index (χ3v) is 5.50. The van der Waals surface area contributed by atoms with E-state index in [0.717, 1.165) is 28.8 Å². The molecule has 1 aliphatic rings. The van der Waals surface area contributed by atoms with E-state index in [0.29, 0.717) is 25.1 Å². The summed E-state index contributed by atoms with van der Waals surface area (Å²) in [6.45, 7) is 0.410. The topological polar surface area (TPSA) is 84.0 Å². The van der Waals surface area contributed by atoms with E-state index in [1.807, 2.05) is 0 Å². The van der Waals surface area contributed by atoms with Gasteiger partial charge in [0.2, 0.25) is 15.9 Å². The van der Waals surface area contributed by atoms with Gasteiger partial charge in [0.1, 0.15) is 0 Å². The number of hydrogen-bond acceptors (Lipinski definition) is 5. The van der Waals surface area contributed by atoms with Crippen LogP contribution in [0, 0.1) is 11.6 Å². The Kier molecular flexibility index (Phi) is 5.56. The SMILES string of the molecule is COC(=O)c1cc(N2CCCC2=O)cc(N(c2ccc(F)c(F)c2)S(C)(=O)=O)c1. The number of amides is 1. The van der Waals surface area contributed by atoms with E-state index < -0.39 is 27.6 Å². The molecule has 1 heterocycles. The fourth-order valence-electron chi connectivity index (χ4n) is 3.17. The molecular weight excluding hydrogens is 406 g/mol. The highest BCUT2D eigenvalue weighted by molar-refractivity contribution is 7.92. The van der Waals surface area contributed by atoms with Crippen LogP contribution < -0.4 is 9.21 Å². The maximum Gasteiger partial charge on any atom is 0.337 e. The Morgan fingerprint density at radius 3 is 2.38 bits per heavy atom. The molecule has 1 aliphatic heterocycles. The minimum Gasteiger partial charge on any atom is -0.465 e. The zero-order valence-corrected chi connectivity index (χ0v) is 16.5. The molecule has 7 nitrogen and oxygen atoms in total. The van der Waals surface area contributed by atoms with Gasteiger partial charge in [0.25, 0.3) is 0 Å². The third-order valence-electron chi connectivity index (χ3n) is 4.41. The van der Waals surface area contributed by atoms with Crippen LogP contribution in [0.3, 0.4) is 0 Å².